The molecule has 0 bridgehead atoms. The fraction of sp³-hybridized carbons (Fsp3) is 0.0870. The van der Waals surface area contributed by atoms with Crippen LogP contribution in [0.4, 0.5) is 10.1 Å². The topological polar surface area (TPSA) is 84.5 Å². The van der Waals surface area contributed by atoms with Gasteiger partial charge in [0.2, 0.25) is 5.91 Å². The van der Waals surface area contributed by atoms with Crippen LogP contribution in [0.15, 0.2) is 83.8 Å². The SMILES string of the molecule is COc1ccccc1NS(=O)(=O)c1ccc(/C=C/C(=O)NCc2ccc(F)cc2)cc1. The molecule has 1 amide bonds. The average Bonchev–Trinajstić information content (AvgIpc) is 2.77. The van der Waals surface area contributed by atoms with Crippen LogP contribution in [0.5, 0.6) is 5.75 Å². The first-order chi connectivity index (χ1) is 14.9. The number of para-hydroxylation sites is 2. The molecule has 0 heterocycles. The van der Waals surface area contributed by atoms with Crippen molar-refractivity contribution in [2.45, 2.75) is 11.4 Å². The predicted octanol–water partition coefficient (Wildman–Crippen LogP) is 3.96. The molecule has 0 atom stereocenters. The van der Waals surface area contributed by atoms with Crippen LogP contribution in [0.25, 0.3) is 6.08 Å². The Morgan fingerprint density at radius 2 is 1.68 bits per heavy atom. The predicted molar refractivity (Wildman–Crippen MR) is 118 cm³/mol. The lowest BCUT2D eigenvalue weighted by Crippen LogP contribution is -2.20. The van der Waals surface area contributed by atoms with E-state index in [1.54, 1.807) is 54.6 Å². The fourth-order valence-corrected chi connectivity index (χ4v) is 3.78. The van der Waals surface area contributed by atoms with Gasteiger partial charge < -0.3 is 10.1 Å². The van der Waals surface area contributed by atoms with Gasteiger partial charge in [0.05, 0.1) is 17.7 Å². The summed E-state index contributed by atoms with van der Waals surface area (Å²) in [7, 11) is -2.33. The van der Waals surface area contributed by atoms with E-state index in [2.05, 4.69) is 10.0 Å². The van der Waals surface area contributed by atoms with Crippen molar-refractivity contribution in [2.24, 2.45) is 0 Å². The van der Waals surface area contributed by atoms with Crippen LogP contribution >= 0.6 is 0 Å². The summed E-state index contributed by atoms with van der Waals surface area (Å²) in [6.45, 7) is 0.273. The summed E-state index contributed by atoms with van der Waals surface area (Å²) in [5, 5.41) is 2.70. The summed E-state index contributed by atoms with van der Waals surface area (Å²) in [5.74, 6) is -0.241. The molecule has 3 aromatic rings. The Kier molecular flexibility index (Phi) is 7.04. The molecule has 0 saturated carbocycles. The number of hydrogen-bond donors (Lipinski definition) is 2. The number of benzene rings is 3. The summed E-state index contributed by atoms with van der Waals surface area (Å²) >= 11 is 0. The van der Waals surface area contributed by atoms with Gasteiger partial charge in [-0.1, -0.05) is 36.4 Å². The minimum Gasteiger partial charge on any atom is -0.495 e. The molecule has 0 aliphatic carbocycles. The highest BCUT2D eigenvalue weighted by Gasteiger charge is 2.16. The number of hydrogen-bond acceptors (Lipinski definition) is 4. The summed E-state index contributed by atoms with van der Waals surface area (Å²) in [4.78, 5) is 12.0. The van der Waals surface area contributed by atoms with E-state index in [9.17, 15) is 17.6 Å². The Balaban J connectivity index is 1.61. The standard InChI is InChI=1S/C23H21FN2O4S/c1-30-22-5-3-2-4-21(22)26-31(28,29)20-13-8-17(9-14-20)10-15-23(27)25-16-18-6-11-19(24)12-7-18/h2-15,26H,16H2,1H3,(H,25,27)/b15-10+. The van der Waals surface area contributed by atoms with Gasteiger partial charge >= 0.3 is 0 Å². The van der Waals surface area contributed by atoms with Crippen LogP contribution in [0.1, 0.15) is 11.1 Å². The van der Waals surface area contributed by atoms with E-state index in [1.165, 1.54) is 37.5 Å². The number of rotatable bonds is 8. The molecule has 8 heteroatoms. The Labute approximate surface area is 180 Å². The number of sulfonamides is 1. The molecule has 31 heavy (non-hydrogen) atoms. The van der Waals surface area contributed by atoms with E-state index in [0.29, 0.717) is 17.0 Å². The maximum absolute atomic E-state index is 12.9. The number of carbonyl (C=O) groups is 1. The average molecular weight is 440 g/mol. The van der Waals surface area contributed by atoms with Crippen molar-refractivity contribution < 1.29 is 22.3 Å². The number of carbonyl (C=O) groups excluding carboxylic acids is 1. The quantitative estimate of drug-likeness (QED) is 0.519. The molecular formula is C23H21FN2O4S. The third-order valence-corrected chi connectivity index (χ3v) is 5.73. The van der Waals surface area contributed by atoms with Crippen LogP contribution in [0, 0.1) is 5.82 Å². The van der Waals surface area contributed by atoms with Crippen molar-refractivity contribution in [3.8, 4) is 5.75 Å². The third-order valence-electron chi connectivity index (χ3n) is 4.35. The van der Waals surface area contributed by atoms with E-state index in [1.807, 2.05) is 0 Å². The van der Waals surface area contributed by atoms with Gasteiger partial charge in [0.25, 0.3) is 10.0 Å². The first-order valence-corrected chi connectivity index (χ1v) is 10.8. The highest BCUT2D eigenvalue weighted by molar-refractivity contribution is 7.92. The van der Waals surface area contributed by atoms with E-state index in [4.69, 9.17) is 4.74 Å². The van der Waals surface area contributed by atoms with Gasteiger partial charge in [0, 0.05) is 12.6 Å². The molecule has 0 saturated heterocycles. The molecular weight excluding hydrogens is 419 g/mol. The number of methoxy groups -OCH3 is 1. The van der Waals surface area contributed by atoms with Gasteiger partial charge in [-0.15, -0.1) is 0 Å². The van der Waals surface area contributed by atoms with Gasteiger partial charge in [-0.2, -0.15) is 0 Å². The van der Waals surface area contributed by atoms with E-state index in [0.717, 1.165) is 5.56 Å². The van der Waals surface area contributed by atoms with Crippen molar-refractivity contribution in [2.75, 3.05) is 11.8 Å². The van der Waals surface area contributed by atoms with Crippen molar-refractivity contribution in [3.63, 3.8) is 0 Å². The van der Waals surface area contributed by atoms with Crippen molar-refractivity contribution in [1.29, 1.82) is 0 Å². The minimum atomic E-state index is -3.80. The van der Waals surface area contributed by atoms with Gasteiger partial charge in [0.15, 0.2) is 0 Å². The summed E-state index contributed by atoms with van der Waals surface area (Å²) < 4.78 is 45.8. The van der Waals surface area contributed by atoms with Crippen LogP contribution in [-0.2, 0) is 21.4 Å². The third kappa shape index (κ3) is 6.16. The zero-order chi connectivity index (χ0) is 22.3. The van der Waals surface area contributed by atoms with E-state index < -0.39 is 10.0 Å². The Bertz CT molecular complexity index is 1170. The lowest BCUT2D eigenvalue weighted by molar-refractivity contribution is -0.116. The monoisotopic (exact) mass is 440 g/mol. The first kappa shape index (κ1) is 22.0. The highest BCUT2D eigenvalue weighted by atomic mass is 32.2. The number of ether oxygens (including phenoxy) is 1. The second kappa shape index (κ2) is 9.90. The van der Waals surface area contributed by atoms with E-state index >= 15 is 0 Å². The first-order valence-electron chi connectivity index (χ1n) is 9.33. The maximum atomic E-state index is 12.9. The number of anilines is 1. The van der Waals surface area contributed by atoms with Gasteiger partial charge in [-0.3, -0.25) is 9.52 Å². The van der Waals surface area contributed by atoms with Crippen molar-refractivity contribution in [1.82, 2.24) is 5.32 Å². The van der Waals surface area contributed by atoms with Crippen molar-refractivity contribution in [3.05, 3.63) is 95.8 Å². The Hall–Kier alpha value is -3.65. The molecule has 0 aliphatic heterocycles. The molecule has 0 unspecified atom stereocenters. The minimum absolute atomic E-state index is 0.0799. The number of halogens is 1. The number of amides is 1. The molecule has 0 radical (unpaired) electrons. The second-order valence-corrected chi connectivity index (χ2v) is 8.23. The molecule has 0 aromatic heterocycles. The largest absolute Gasteiger partial charge is 0.495 e. The highest BCUT2D eigenvalue weighted by Crippen LogP contribution is 2.26. The maximum Gasteiger partial charge on any atom is 0.262 e. The molecule has 3 aromatic carbocycles. The van der Waals surface area contributed by atoms with Gasteiger partial charge in [-0.25, -0.2) is 12.8 Å². The molecule has 6 nitrogen and oxygen atoms in total. The molecule has 0 spiro atoms. The zero-order valence-electron chi connectivity index (χ0n) is 16.7. The molecule has 2 N–H and O–H groups in total. The smallest absolute Gasteiger partial charge is 0.262 e. The summed E-state index contributed by atoms with van der Waals surface area (Å²) in [6, 6.07) is 18.7. The van der Waals surface area contributed by atoms with Crippen LogP contribution < -0.4 is 14.8 Å². The Morgan fingerprint density at radius 3 is 2.35 bits per heavy atom. The van der Waals surface area contributed by atoms with Crippen LogP contribution in [-0.4, -0.2) is 21.4 Å². The van der Waals surface area contributed by atoms with Gasteiger partial charge in [0.1, 0.15) is 11.6 Å². The summed E-state index contributed by atoms with van der Waals surface area (Å²) in [6.07, 6.45) is 2.92. The molecule has 0 aliphatic rings. The molecule has 160 valence electrons. The van der Waals surface area contributed by atoms with E-state index in [-0.39, 0.29) is 23.2 Å². The number of nitrogens with one attached hydrogen (secondary N) is 2. The van der Waals surface area contributed by atoms with Crippen molar-refractivity contribution >= 4 is 27.7 Å². The van der Waals surface area contributed by atoms with Crippen LogP contribution in [0.2, 0.25) is 0 Å². The van der Waals surface area contributed by atoms with Crippen LogP contribution in [0.3, 0.4) is 0 Å². The van der Waals surface area contributed by atoms with Gasteiger partial charge in [-0.05, 0) is 53.6 Å². The molecule has 3 rings (SSSR count). The second-order valence-electron chi connectivity index (χ2n) is 6.55. The lowest BCUT2D eigenvalue weighted by atomic mass is 10.2. The Morgan fingerprint density at radius 1 is 1.00 bits per heavy atom. The summed E-state index contributed by atoms with van der Waals surface area (Å²) in [5.41, 5.74) is 1.78. The fourth-order valence-electron chi connectivity index (χ4n) is 2.71. The normalized spacial score (nSPS) is 11.3. The lowest BCUT2D eigenvalue weighted by Gasteiger charge is -2.11. The zero-order valence-corrected chi connectivity index (χ0v) is 17.5. The molecule has 0 fully saturated rings.